The van der Waals surface area contributed by atoms with Gasteiger partial charge in [0.1, 0.15) is 5.75 Å². The van der Waals surface area contributed by atoms with Gasteiger partial charge in [-0.3, -0.25) is 4.79 Å². The summed E-state index contributed by atoms with van der Waals surface area (Å²) in [6, 6.07) is 12.2. The molecule has 0 fully saturated rings. The van der Waals surface area contributed by atoms with E-state index in [4.69, 9.17) is 25.8 Å². The molecular formula is C16H14ClNO4. The molecule has 0 spiro atoms. The zero-order valence-electron chi connectivity index (χ0n) is 11.8. The summed E-state index contributed by atoms with van der Waals surface area (Å²) in [6.45, 7) is 1.85. The predicted molar refractivity (Wildman–Crippen MR) is 82.7 cm³/mol. The highest BCUT2D eigenvalue weighted by Gasteiger charge is 2.18. The number of amides is 1. The first-order chi connectivity index (χ1) is 10.6. The molecular weight excluding hydrogens is 306 g/mol. The van der Waals surface area contributed by atoms with Crippen molar-refractivity contribution in [2.75, 3.05) is 12.1 Å². The van der Waals surface area contributed by atoms with Gasteiger partial charge in [0.25, 0.3) is 5.91 Å². The first kappa shape index (κ1) is 14.5. The summed E-state index contributed by atoms with van der Waals surface area (Å²) in [7, 11) is 0. The van der Waals surface area contributed by atoms with Crippen molar-refractivity contribution >= 4 is 23.2 Å². The third-order valence-electron chi connectivity index (χ3n) is 3.15. The maximum absolute atomic E-state index is 12.2. The van der Waals surface area contributed by atoms with Crippen molar-refractivity contribution in [1.82, 2.24) is 0 Å². The van der Waals surface area contributed by atoms with Crippen LogP contribution in [0.3, 0.4) is 0 Å². The fourth-order valence-corrected chi connectivity index (χ4v) is 2.18. The number of rotatable bonds is 4. The maximum atomic E-state index is 12.2. The molecule has 0 aromatic heterocycles. The maximum Gasteiger partial charge on any atom is 0.265 e. The van der Waals surface area contributed by atoms with Crippen LogP contribution in [0.15, 0.2) is 42.5 Å². The number of fused-ring (bicyclic) bond motifs is 1. The van der Waals surface area contributed by atoms with Crippen molar-refractivity contribution in [3.63, 3.8) is 0 Å². The molecule has 0 unspecified atom stereocenters. The monoisotopic (exact) mass is 319 g/mol. The second kappa shape index (κ2) is 6.15. The number of halogens is 1. The Morgan fingerprint density at radius 1 is 1.23 bits per heavy atom. The van der Waals surface area contributed by atoms with Gasteiger partial charge in [-0.15, -0.1) is 0 Å². The molecule has 0 saturated carbocycles. The Morgan fingerprint density at radius 2 is 2.00 bits per heavy atom. The Hall–Kier alpha value is -2.40. The van der Waals surface area contributed by atoms with E-state index in [-0.39, 0.29) is 12.7 Å². The fourth-order valence-electron chi connectivity index (χ4n) is 2.00. The van der Waals surface area contributed by atoms with Crippen LogP contribution in [-0.4, -0.2) is 18.8 Å². The highest BCUT2D eigenvalue weighted by Crippen LogP contribution is 2.34. The normalized spacial score (nSPS) is 13.5. The van der Waals surface area contributed by atoms with Crippen LogP contribution in [0.1, 0.15) is 6.92 Å². The van der Waals surface area contributed by atoms with E-state index in [2.05, 4.69) is 5.32 Å². The molecule has 2 aromatic carbocycles. The van der Waals surface area contributed by atoms with Crippen molar-refractivity contribution in [3.05, 3.63) is 47.5 Å². The molecule has 1 aliphatic rings. The quantitative estimate of drug-likeness (QED) is 0.937. The van der Waals surface area contributed by atoms with E-state index in [0.717, 1.165) is 0 Å². The van der Waals surface area contributed by atoms with Gasteiger partial charge < -0.3 is 19.5 Å². The Bertz CT molecular complexity index is 704. The van der Waals surface area contributed by atoms with Crippen molar-refractivity contribution in [3.8, 4) is 17.2 Å². The molecule has 1 amide bonds. The van der Waals surface area contributed by atoms with Gasteiger partial charge in [-0.2, -0.15) is 0 Å². The number of anilines is 1. The van der Waals surface area contributed by atoms with Crippen molar-refractivity contribution in [2.45, 2.75) is 13.0 Å². The molecule has 6 heteroatoms. The van der Waals surface area contributed by atoms with Crippen LogP contribution < -0.4 is 19.5 Å². The molecule has 5 nitrogen and oxygen atoms in total. The molecule has 0 bridgehead atoms. The molecule has 0 radical (unpaired) electrons. The number of carbonyl (C=O) groups excluding carboxylic acids is 1. The third-order valence-corrected chi connectivity index (χ3v) is 3.46. The minimum absolute atomic E-state index is 0.193. The summed E-state index contributed by atoms with van der Waals surface area (Å²) in [5.41, 5.74) is 0.615. The Kier molecular flexibility index (Phi) is 4.06. The Labute approximate surface area is 132 Å². The molecule has 3 rings (SSSR count). The number of hydrogen-bond acceptors (Lipinski definition) is 4. The molecule has 1 heterocycles. The van der Waals surface area contributed by atoms with Gasteiger partial charge in [-0.1, -0.05) is 23.7 Å². The molecule has 1 N–H and O–H groups in total. The zero-order chi connectivity index (χ0) is 15.5. The smallest absolute Gasteiger partial charge is 0.265 e. The first-order valence-electron chi connectivity index (χ1n) is 6.75. The lowest BCUT2D eigenvalue weighted by Crippen LogP contribution is -2.30. The topological polar surface area (TPSA) is 56.8 Å². The summed E-state index contributed by atoms with van der Waals surface area (Å²) in [5, 5.41) is 3.23. The van der Waals surface area contributed by atoms with E-state index < -0.39 is 6.10 Å². The molecule has 1 aliphatic heterocycles. The molecule has 2 aromatic rings. The van der Waals surface area contributed by atoms with Crippen LogP contribution in [0, 0.1) is 0 Å². The van der Waals surface area contributed by atoms with E-state index in [1.165, 1.54) is 0 Å². The van der Waals surface area contributed by atoms with E-state index in [9.17, 15) is 4.79 Å². The standard InChI is InChI=1S/C16H14ClNO4/c1-10(22-13-5-3-2-4-12(13)17)16(19)18-11-6-7-14-15(8-11)21-9-20-14/h2-8,10H,9H2,1H3,(H,18,19)/t10-/m1/s1. The summed E-state index contributed by atoms with van der Waals surface area (Å²) in [6.07, 6.45) is -0.690. The van der Waals surface area contributed by atoms with Crippen LogP contribution >= 0.6 is 11.6 Å². The minimum Gasteiger partial charge on any atom is -0.479 e. The average molecular weight is 320 g/mol. The van der Waals surface area contributed by atoms with Crippen LogP contribution in [0.2, 0.25) is 5.02 Å². The number of hydrogen-bond donors (Lipinski definition) is 1. The number of para-hydroxylation sites is 1. The van der Waals surface area contributed by atoms with Crippen LogP contribution in [0.25, 0.3) is 0 Å². The second-order valence-electron chi connectivity index (χ2n) is 4.75. The van der Waals surface area contributed by atoms with Crippen LogP contribution in [0.5, 0.6) is 17.2 Å². The number of ether oxygens (including phenoxy) is 3. The lowest BCUT2D eigenvalue weighted by molar-refractivity contribution is -0.122. The van der Waals surface area contributed by atoms with Crippen molar-refractivity contribution < 1.29 is 19.0 Å². The summed E-state index contributed by atoms with van der Waals surface area (Å²) in [4.78, 5) is 12.2. The van der Waals surface area contributed by atoms with Gasteiger partial charge in [-0.05, 0) is 31.2 Å². The zero-order valence-corrected chi connectivity index (χ0v) is 12.6. The second-order valence-corrected chi connectivity index (χ2v) is 5.15. The third kappa shape index (κ3) is 3.09. The first-order valence-corrected chi connectivity index (χ1v) is 7.13. The number of benzene rings is 2. The lowest BCUT2D eigenvalue weighted by atomic mass is 10.2. The number of nitrogens with one attached hydrogen (secondary N) is 1. The van der Waals surface area contributed by atoms with Gasteiger partial charge in [0.05, 0.1) is 5.02 Å². The van der Waals surface area contributed by atoms with Crippen molar-refractivity contribution in [2.24, 2.45) is 0 Å². The SMILES string of the molecule is C[C@@H](Oc1ccccc1Cl)C(=O)Nc1ccc2c(c1)OCO2. The van der Waals surface area contributed by atoms with Gasteiger partial charge in [0.15, 0.2) is 17.6 Å². The fraction of sp³-hybridized carbons (Fsp3) is 0.188. The van der Waals surface area contributed by atoms with E-state index in [0.29, 0.717) is 28.0 Å². The van der Waals surface area contributed by atoms with Crippen molar-refractivity contribution in [1.29, 1.82) is 0 Å². The molecule has 1 atom stereocenters. The average Bonchev–Trinajstić information content (AvgIpc) is 2.97. The Morgan fingerprint density at radius 3 is 2.82 bits per heavy atom. The highest BCUT2D eigenvalue weighted by atomic mass is 35.5. The summed E-state index contributed by atoms with van der Waals surface area (Å²) in [5.74, 6) is 1.46. The van der Waals surface area contributed by atoms with Gasteiger partial charge in [0, 0.05) is 11.8 Å². The predicted octanol–water partition coefficient (Wildman–Crippen LogP) is 3.47. The van der Waals surface area contributed by atoms with Gasteiger partial charge >= 0.3 is 0 Å². The molecule has 114 valence electrons. The number of carbonyl (C=O) groups is 1. The van der Waals surface area contributed by atoms with Crippen LogP contribution in [-0.2, 0) is 4.79 Å². The molecule has 22 heavy (non-hydrogen) atoms. The largest absolute Gasteiger partial charge is 0.479 e. The Balaban J connectivity index is 1.65. The highest BCUT2D eigenvalue weighted by molar-refractivity contribution is 6.32. The van der Waals surface area contributed by atoms with Gasteiger partial charge in [0.2, 0.25) is 6.79 Å². The van der Waals surface area contributed by atoms with E-state index in [1.807, 2.05) is 0 Å². The molecule has 0 saturated heterocycles. The van der Waals surface area contributed by atoms with E-state index in [1.54, 1.807) is 49.4 Å². The summed E-state index contributed by atoms with van der Waals surface area (Å²) >= 11 is 6.01. The van der Waals surface area contributed by atoms with Crippen LogP contribution in [0.4, 0.5) is 5.69 Å². The molecule has 0 aliphatic carbocycles. The van der Waals surface area contributed by atoms with E-state index >= 15 is 0 Å². The summed E-state index contributed by atoms with van der Waals surface area (Å²) < 4.78 is 16.1. The minimum atomic E-state index is -0.690. The lowest BCUT2D eigenvalue weighted by Gasteiger charge is -2.15. The van der Waals surface area contributed by atoms with Gasteiger partial charge in [-0.25, -0.2) is 0 Å².